The molecule has 1 aromatic rings. The van der Waals surface area contributed by atoms with Crippen molar-refractivity contribution in [1.29, 1.82) is 0 Å². The van der Waals surface area contributed by atoms with Crippen molar-refractivity contribution in [2.45, 2.75) is 34.6 Å². The van der Waals surface area contributed by atoms with Crippen LogP contribution in [0.4, 0.5) is 0 Å². The van der Waals surface area contributed by atoms with E-state index in [1.807, 2.05) is 52.8 Å². The maximum atomic E-state index is 11.6. The summed E-state index contributed by atoms with van der Waals surface area (Å²) >= 11 is 0. The lowest BCUT2D eigenvalue weighted by Gasteiger charge is -2.16. The van der Waals surface area contributed by atoms with E-state index in [0.29, 0.717) is 5.75 Å². The Bertz CT molecular complexity index is 373. The molecule has 2 heteroatoms. The van der Waals surface area contributed by atoms with E-state index in [-0.39, 0.29) is 5.97 Å². The normalized spacial score (nSPS) is 11.3. The van der Waals surface area contributed by atoms with Crippen molar-refractivity contribution in [1.82, 2.24) is 0 Å². The fraction of sp³-hybridized carbons (Fsp3) is 0.462. The number of hydrogen-bond acceptors (Lipinski definition) is 2. The summed E-state index contributed by atoms with van der Waals surface area (Å²) < 4.78 is 5.28. The Hall–Kier alpha value is -1.31. The van der Waals surface area contributed by atoms with Crippen molar-refractivity contribution < 1.29 is 9.53 Å². The third kappa shape index (κ3) is 3.08. The number of rotatable bonds is 1. The van der Waals surface area contributed by atoms with Gasteiger partial charge in [0.05, 0.1) is 5.41 Å². The molecule has 0 heterocycles. The molecule has 0 radical (unpaired) electrons. The SMILES string of the molecule is Cc1ccc(OC(=O)C(C)(C)C)cc1C. The first kappa shape index (κ1) is 11.8. The highest BCUT2D eigenvalue weighted by Gasteiger charge is 2.23. The van der Waals surface area contributed by atoms with Gasteiger partial charge in [-0.25, -0.2) is 0 Å². The number of hydrogen-bond donors (Lipinski definition) is 0. The minimum absolute atomic E-state index is 0.203. The average molecular weight is 206 g/mol. The van der Waals surface area contributed by atoms with Crippen LogP contribution in [0.1, 0.15) is 31.9 Å². The van der Waals surface area contributed by atoms with E-state index in [9.17, 15) is 4.79 Å². The van der Waals surface area contributed by atoms with Crippen LogP contribution < -0.4 is 4.74 Å². The van der Waals surface area contributed by atoms with Crippen LogP contribution in [0.15, 0.2) is 18.2 Å². The molecule has 0 spiro atoms. The van der Waals surface area contributed by atoms with Crippen LogP contribution in [0, 0.1) is 19.3 Å². The Morgan fingerprint density at radius 2 is 1.73 bits per heavy atom. The molecule has 0 saturated heterocycles. The molecule has 0 aliphatic rings. The first-order valence-electron chi connectivity index (χ1n) is 5.10. The first-order chi connectivity index (χ1) is 6.80. The number of ether oxygens (including phenoxy) is 1. The van der Waals surface area contributed by atoms with Crippen LogP contribution in [0.3, 0.4) is 0 Å². The molecule has 0 aliphatic heterocycles. The van der Waals surface area contributed by atoms with Crippen LogP contribution in [-0.4, -0.2) is 5.97 Å². The topological polar surface area (TPSA) is 26.3 Å². The van der Waals surface area contributed by atoms with Gasteiger partial charge >= 0.3 is 5.97 Å². The summed E-state index contributed by atoms with van der Waals surface area (Å²) in [5.74, 6) is 0.420. The van der Waals surface area contributed by atoms with E-state index in [0.717, 1.165) is 5.56 Å². The molecule has 0 aliphatic carbocycles. The molecule has 0 fully saturated rings. The number of carbonyl (C=O) groups excluding carboxylic acids is 1. The number of esters is 1. The highest BCUT2D eigenvalue weighted by atomic mass is 16.5. The molecule has 0 N–H and O–H groups in total. The van der Waals surface area contributed by atoms with Crippen LogP contribution >= 0.6 is 0 Å². The van der Waals surface area contributed by atoms with Gasteiger partial charge in [0, 0.05) is 0 Å². The molecule has 0 aromatic heterocycles. The predicted octanol–water partition coefficient (Wildman–Crippen LogP) is 3.25. The predicted molar refractivity (Wildman–Crippen MR) is 61.0 cm³/mol. The maximum absolute atomic E-state index is 11.6. The van der Waals surface area contributed by atoms with Gasteiger partial charge in [-0.05, 0) is 57.9 Å². The minimum atomic E-state index is -0.460. The monoisotopic (exact) mass is 206 g/mol. The van der Waals surface area contributed by atoms with Gasteiger partial charge in [-0.2, -0.15) is 0 Å². The van der Waals surface area contributed by atoms with Crippen LogP contribution in [0.2, 0.25) is 0 Å². The Morgan fingerprint density at radius 3 is 2.20 bits per heavy atom. The Morgan fingerprint density at radius 1 is 1.13 bits per heavy atom. The van der Waals surface area contributed by atoms with Gasteiger partial charge in [0.25, 0.3) is 0 Å². The molecule has 0 saturated carbocycles. The maximum Gasteiger partial charge on any atom is 0.316 e. The molecule has 82 valence electrons. The summed E-state index contributed by atoms with van der Waals surface area (Å²) in [5.41, 5.74) is 1.87. The smallest absolute Gasteiger partial charge is 0.316 e. The Labute approximate surface area is 91.3 Å². The molecular formula is C13H18O2. The lowest BCUT2D eigenvalue weighted by molar-refractivity contribution is -0.142. The van der Waals surface area contributed by atoms with Crippen molar-refractivity contribution in [3.63, 3.8) is 0 Å². The number of aryl methyl sites for hydroxylation is 2. The summed E-state index contributed by atoms with van der Waals surface area (Å²) in [5, 5.41) is 0. The molecule has 15 heavy (non-hydrogen) atoms. The average Bonchev–Trinajstić information content (AvgIpc) is 2.10. The zero-order chi connectivity index (χ0) is 11.6. The largest absolute Gasteiger partial charge is 0.426 e. The van der Waals surface area contributed by atoms with Crippen molar-refractivity contribution >= 4 is 5.97 Å². The third-order valence-corrected chi connectivity index (χ3v) is 2.30. The lowest BCUT2D eigenvalue weighted by atomic mass is 9.97. The Balaban J connectivity index is 2.83. The summed E-state index contributed by atoms with van der Waals surface area (Å²) in [6.45, 7) is 9.57. The molecule has 1 rings (SSSR count). The van der Waals surface area contributed by atoms with Crippen molar-refractivity contribution in [3.8, 4) is 5.75 Å². The standard InChI is InChI=1S/C13H18O2/c1-9-6-7-11(8-10(9)2)15-12(14)13(3,4)5/h6-8H,1-5H3. The molecule has 0 atom stereocenters. The quantitative estimate of drug-likeness (QED) is 0.520. The van der Waals surface area contributed by atoms with E-state index < -0.39 is 5.41 Å². The minimum Gasteiger partial charge on any atom is -0.426 e. The van der Waals surface area contributed by atoms with Gasteiger partial charge in [0.1, 0.15) is 5.75 Å². The van der Waals surface area contributed by atoms with Gasteiger partial charge in [0.15, 0.2) is 0 Å². The van der Waals surface area contributed by atoms with Crippen molar-refractivity contribution in [2.75, 3.05) is 0 Å². The van der Waals surface area contributed by atoms with E-state index >= 15 is 0 Å². The van der Waals surface area contributed by atoms with Gasteiger partial charge in [0.2, 0.25) is 0 Å². The van der Waals surface area contributed by atoms with E-state index in [4.69, 9.17) is 4.74 Å². The summed E-state index contributed by atoms with van der Waals surface area (Å²) in [6.07, 6.45) is 0. The molecule has 2 nitrogen and oxygen atoms in total. The molecule has 0 bridgehead atoms. The highest BCUT2D eigenvalue weighted by Crippen LogP contribution is 2.21. The summed E-state index contributed by atoms with van der Waals surface area (Å²) in [6, 6.07) is 5.67. The summed E-state index contributed by atoms with van der Waals surface area (Å²) in [4.78, 5) is 11.6. The zero-order valence-electron chi connectivity index (χ0n) is 10.0. The van der Waals surface area contributed by atoms with Gasteiger partial charge in [-0.15, -0.1) is 0 Å². The zero-order valence-corrected chi connectivity index (χ0v) is 10.0. The lowest BCUT2D eigenvalue weighted by Crippen LogP contribution is -2.25. The fourth-order valence-corrected chi connectivity index (χ4v) is 1.04. The van der Waals surface area contributed by atoms with Gasteiger partial charge in [-0.3, -0.25) is 4.79 Å². The van der Waals surface area contributed by atoms with Crippen molar-refractivity contribution in [2.24, 2.45) is 5.41 Å². The van der Waals surface area contributed by atoms with Crippen LogP contribution in [0.5, 0.6) is 5.75 Å². The second-order valence-electron chi connectivity index (χ2n) is 4.89. The van der Waals surface area contributed by atoms with Gasteiger partial charge in [-0.1, -0.05) is 6.07 Å². The Kier molecular flexibility index (Phi) is 3.18. The first-order valence-corrected chi connectivity index (χ1v) is 5.10. The fourth-order valence-electron chi connectivity index (χ4n) is 1.04. The molecule has 1 aromatic carbocycles. The molecule has 0 unspecified atom stereocenters. The van der Waals surface area contributed by atoms with E-state index in [1.165, 1.54) is 5.56 Å². The van der Waals surface area contributed by atoms with Crippen LogP contribution in [-0.2, 0) is 4.79 Å². The molecular weight excluding hydrogens is 188 g/mol. The van der Waals surface area contributed by atoms with E-state index in [1.54, 1.807) is 0 Å². The van der Waals surface area contributed by atoms with E-state index in [2.05, 4.69) is 0 Å². The number of carbonyl (C=O) groups is 1. The van der Waals surface area contributed by atoms with Crippen LogP contribution in [0.25, 0.3) is 0 Å². The summed E-state index contributed by atoms with van der Waals surface area (Å²) in [7, 11) is 0. The molecule has 0 amide bonds. The second kappa shape index (κ2) is 4.05. The van der Waals surface area contributed by atoms with Gasteiger partial charge < -0.3 is 4.74 Å². The highest BCUT2D eigenvalue weighted by molar-refractivity contribution is 5.77. The number of benzene rings is 1. The third-order valence-electron chi connectivity index (χ3n) is 2.30. The van der Waals surface area contributed by atoms with Crippen molar-refractivity contribution in [3.05, 3.63) is 29.3 Å². The second-order valence-corrected chi connectivity index (χ2v) is 4.89.